The van der Waals surface area contributed by atoms with Gasteiger partial charge in [0.25, 0.3) is 0 Å². The average molecular weight is 305 g/mol. The number of ether oxygens (including phenoxy) is 1. The molecule has 0 aliphatic heterocycles. The Bertz CT molecular complexity index is 622. The van der Waals surface area contributed by atoms with Crippen LogP contribution in [0.4, 0.5) is 4.39 Å². The van der Waals surface area contributed by atoms with Gasteiger partial charge in [-0.3, -0.25) is 0 Å². The number of rotatable bonds is 4. The molecule has 3 fully saturated rings. The van der Waals surface area contributed by atoms with Crippen molar-refractivity contribution in [2.45, 2.75) is 24.7 Å². The zero-order valence-corrected chi connectivity index (χ0v) is 12.0. The van der Waals surface area contributed by atoms with Crippen molar-refractivity contribution in [3.8, 4) is 5.75 Å². The van der Waals surface area contributed by atoms with E-state index in [0.717, 1.165) is 0 Å². The van der Waals surface area contributed by atoms with Gasteiger partial charge in [0.15, 0.2) is 0 Å². The molecular weight excluding hydrogens is 291 g/mol. The summed E-state index contributed by atoms with van der Waals surface area (Å²) in [7, 11) is 3.32. The minimum Gasteiger partial charge on any atom is -0.497 e. The lowest BCUT2D eigenvalue weighted by molar-refractivity contribution is -0.123. The van der Waals surface area contributed by atoms with Crippen LogP contribution in [-0.4, -0.2) is 21.3 Å². The highest BCUT2D eigenvalue weighted by atomic mass is 35.7. The number of hydrogen-bond donors (Lipinski definition) is 0. The standard InChI is InChI=1S/C13H14ClFO3S/c1-18-9-2-3-10(11(15)4-9)13-5-12(6-13,7-13)8-19(14,16)17/h2-4H,5-8H2,1H3. The molecule has 0 aromatic heterocycles. The maximum atomic E-state index is 14.0. The summed E-state index contributed by atoms with van der Waals surface area (Å²) in [6, 6.07) is 4.86. The molecule has 0 amide bonds. The maximum Gasteiger partial charge on any atom is 0.233 e. The largest absolute Gasteiger partial charge is 0.497 e. The van der Waals surface area contributed by atoms with Crippen molar-refractivity contribution in [2.75, 3.05) is 12.9 Å². The van der Waals surface area contributed by atoms with Crippen LogP contribution in [0.2, 0.25) is 0 Å². The molecule has 0 saturated heterocycles. The predicted octanol–water partition coefficient (Wildman–Crippen LogP) is 2.82. The molecule has 1 aromatic rings. The van der Waals surface area contributed by atoms with E-state index in [-0.39, 0.29) is 22.4 Å². The van der Waals surface area contributed by atoms with Gasteiger partial charge < -0.3 is 4.74 Å². The second kappa shape index (κ2) is 3.85. The summed E-state index contributed by atoms with van der Waals surface area (Å²) in [5.41, 5.74) is 0.271. The highest BCUT2D eigenvalue weighted by Gasteiger charge is 2.69. The SMILES string of the molecule is COc1ccc(C23CC(CS(=O)(=O)Cl)(C2)C3)c(F)c1. The summed E-state index contributed by atoms with van der Waals surface area (Å²) in [5, 5.41) is 0. The van der Waals surface area contributed by atoms with Crippen LogP contribution >= 0.6 is 10.7 Å². The zero-order chi connectivity index (χ0) is 13.9. The highest BCUT2D eigenvalue weighted by Crippen LogP contribution is 2.74. The fourth-order valence-corrected chi connectivity index (χ4v) is 5.59. The van der Waals surface area contributed by atoms with Crippen LogP contribution in [0.5, 0.6) is 5.75 Å². The van der Waals surface area contributed by atoms with Gasteiger partial charge in [0, 0.05) is 16.7 Å². The predicted molar refractivity (Wildman–Crippen MR) is 70.6 cm³/mol. The van der Waals surface area contributed by atoms with Crippen LogP contribution < -0.4 is 4.74 Å². The summed E-state index contributed by atoms with van der Waals surface area (Å²) >= 11 is 0. The molecule has 3 aliphatic rings. The van der Waals surface area contributed by atoms with Gasteiger partial charge in [-0.25, -0.2) is 12.8 Å². The third-order valence-corrected chi connectivity index (χ3v) is 5.65. The molecule has 0 unspecified atom stereocenters. The van der Waals surface area contributed by atoms with E-state index in [4.69, 9.17) is 15.4 Å². The van der Waals surface area contributed by atoms with Gasteiger partial charge in [-0.2, -0.15) is 0 Å². The van der Waals surface area contributed by atoms with E-state index in [1.54, 1.807) is 12.1 Å². The first-order valence-electron chi connectivity index (χ1n) is 6.04. The summed E-state index contributed by atoms with van der Waals surface area (Å²) in [4.78, 5) is 0. The number of halogens is 2. The van der Waals surface area contributed by atoms with Gasteiger partial charge in [0.1, 0.15) is 11.6 Å². The van der Waals surface area contributed by atoms with Gasteiger partial charge in [-0.05, 0) is 41.7 Å². The molecule has 2 bridgehead atoms. The van der Waals surface area contributed by atoms with Gasteiger partial charge in [0.05, 0.1) is 12.9 Å². The minimum absolute atomic E-state index is 0.00107. The number of benzene rings is 1. The maximum absolute atomic E-state index is 14.0. The van der Waals surface area contributed by atoms with Gasteiger partial charge in [0.2, 0.25) is 9.05 Å². The topological polar surface area (TPSA) is 43.4 Å². The van der Waals surface area contributed by atoms with Crippen LogP contribution in [0, 0.1) is 11.2 Å². The normalized spacial score (nSPS) is 32.4. The second-order valence-electron chi connectivity index (χ2n) is 5.84. The van der Waals surface area contributed by atoms with Crippen molar-refractivity contribution in [1.82, 2.24) is 0 Å². The van der Waals surface area contributed by atoms with Crippen molar-refractivity contribution in [3.63, 3.8) is 0 Å². The quantitative estimate of drug-likeness (QED) is 0.803. The lowest BCUT2D eigenvalue weighted by Crippen LogP contribution is -2.66. The summed E-state index contributed by atoms with van der Waals surface area (Å²) in [6.07, 6.45) is 2.11. The lowest BCUT2D eigenvalue weighted by atomic mass is 9.34. The first-order valence-corrected chi connectivity index (χ1v) is 8.52. The summed E-state index contributed by atoms with van der Waals surface area (Å²) in [6.45, 7) is 0. The van der Waals surface area contributed by atoms with E-state index in [1.165, 1.54) is 13.2 Å². The van der Waals surface area contributed by atoms with E-state index >= 15 is 0 Å². The van der Waals surface area contributed by atoms with E-state index in [2.05, 4.69) is 0 Å². The van der Waals surface area contributed by atoms with Crippen molar-refractivity contribution < 1.29 is 17.5 Å². The Kier molecular flexibility index (Phi) is 2.68. The number of methoxy groups -OCH3 is 1. The Labute approximate surface area is 116 Å². The smallest absolute Gasteiger partial charge is 0.233 e. The van der Waals surface area contributed by atoms with Crippen LogP contribution in [0.3, 0.4) is 0 Å². The first kappa shape index (κ1) is 13.2. The second-order valence-corrected chi connectivity index (χ2v) is 8.62. The molecule has 4 rings (SSSR count). The first-order chi connectivity index (χ1) is 8.78. The van der Waals surface area contributed by atoms with Crippen molar-refractivity contribution >= 4 is 19.7 Å². The molecule has 3 nitrogen and oxygen atoms in total. The Hall–Kier alpha value is -0.810. The number of hydrogen-bond acceptors (Lipinski definition) is 3. The molecule has 0 radical (unpaired) electrons. The molecule has 3 saturated carbocycles. The molecular formula is C13H14ClFO3S. The lowest BCUT2D eigenvalue weighted by Gasteiger charge is -2.70. The zero-order valence-electron chi connectivity index (χ0n) is 10.4. The van der Waals surface area contributed by atoms with E-state index in [9.17, 15) is 12.8 Å². The van der Waals surface area contributed by atoms with Crippen molar-refractivity contribution in [3.05, 3.63) is 29.6 Å². The Morgan fingerprint density at radius 1 is 1.37 bits per heavy atom. The van der Waals surface area contributed by atoms with Gasteiger partial charge in [-0.15, -0.1) is 0 Å². The van der Waals surface area contributed by atoms with E-state index in [0.29, 0.717) is 30.6 Å². The van der Waals surface area contributed by atoms with E-state index < -0.39 is 9.05 Å². The monoisotopic (exact) mass is 304 g/mol. The molecule has 0 atom stereocenters. The van der Waals surface area contributed by atoms with Crippen molar-refractivity contribution in [2.24, 2.45) is 5.41 Å². The fourth-order valence-electron chi connectivity index (χ4n) is 3.86. The van der Waals surface area contributed by atoms with Crippen LogP contribution in [0.1, 0.15) is 24.8 Å². The van der Waals surface area contributed by atoms with Gasteiger partial charge >= 0.3 is 0 Å². The molecule has 6 heteroatoms. The minimum atomic E-state index is -3.48. The summed E-state index contributed by atoms with van der Waals surface area (Å²) < 4.78 is 41.3. The Balaban J connectivity index is 1.78. The average Bonchev–Trinajstić information content (AvgIpc) is 2.20. The Morgan fingerprint density at radius 2 is 2.00 bits per heavy atom. The molecule has 104 valence electrons. The van der Waals surface area contributed by atoms with Crippen LogP contribution in [-0.2, 0) is 14.5 Å². The van der Waals surface area contributed by atoms with Crippen molar-refractivity contribution in [1.29, 1.82) is 0 Å². The fraction of sp³-hybridized carbons (Fsp3) is 0.538. The van der Waals surface area contributed by atoms with Crippen LogP contribution in [0.15, 0.2) is 18.2 Å². The molecule has 19 heavy (non-hydrogen) atoms. The molecule has 0 N–H and O–H groups in total. The molecule has 0 heterocycles. The summed E-state index contributed by atoms with van der Waals surface area (Å²) in [5.74, 6) is 0.216. The highest BCUT2D eigenvalue weighted by molar-refractivity contribution is 8.13. The molecule has 3 aliphatic carbocycles. The van der Waals surface area contributed by atoms with E-state index in [1.807, 2.05) is 0 Å². The third-order valence-electron chi connectivity index (χ3n) is 4.37. The van der Waals surface area contributed by atoms with Gasteiger partial charge in [-0.1, -0.05) is 6.07 Å². The Morgan fingerprint density at radius 3 is 2.47 bits per heavy atom. The third kappa shape index (κ3) is 2.03. The van der Waals surface area contributed by atoms with Crippen LogP contribution in [0.25, 0.3) is 0 Å². The molecule has 0 spiro atoms. The molecule has 1 aromatic carbocycles.